The molecule has 11 nitrogen and oxygen atoms in total. The van der Waals surface area contributed by atoms with E-state index in [9.17, 15) is 28.3 Å². The number of halogens is 2. The molecule has 0 radical (unpaired) electrons. The summed E-state index contributed by atoms with van der Waals surface area (Å²) in [5.74, 6) is -5.03. The maximum absolute atomic E-state index is 14.8. The van der Waals surface area contributed by atoms with Crippen LogP contribution in [0, 0.1) is 0 Å². The molecule has 1 aliphatic heterocycles. The lowest BCUT2D eigenvalue weighted by atomic mass is 10.1. The highest BCUT2D eigenvalue weighted by molar-refractivity contribution is 5.83. The SMILES string of the molecule is CCOC(=O)Nc1ccnc(=O)n1[C@@H]1O[C@H](COC(=O)CCc2cccnc2)[C@@H](O)C1(F)F. The summed E-state index contributed by atoms with van der Waals surface area (Å²) < 4.78 is 44.9. The molecule has 1 amide bonds. The van der Waals surface area contributed by atoms with Crippen LogP contribution in [0.15, 0.2) is 41.6 Å². The standard InChI is InChI=1S/C20H22F2N4O7/c1-2-31-19(30)25-14-7-9-24-18(29)26(14)17-20(21,22)16(28)13(33-17)11-32-15(27)6-5-12-4-3-8-23-10-12/h3-4,7-10,13,16-17,28H,2,5-6,11H2,1H3,(H,25,30)/t13-,16-,17-/m1/s1. The Kier molecular flexibility index (Phi) is 7.66. The molecule has 13 heteroatoms. The van der Waals surface area contributed by atoms with Gasteiger partial charge in [-0.2, -0.15) is 8.78 Å². The van der Waals surface area contributed by atoms with Gasteiger partial charge in [-0.25, -0.2) is 19.1 Å². The topological polar surface area (TPSA) is 142 Å². The van der Waals surface area contributed by atoms with Gasteiger partial charge in [0.25, 0.3) is 0 Å². The molecule has 178 valence electrons. The summed E-state index contributed by atoms with van der Waals surface area (Å²) >= 11 is 0. The molecule has 0 spiro atoms. The van der Waals surface area contributed by atoms with E-state index in [1.165, 1.54) is 6.92 Å². The highest BCUT2D eigenvalue weighted by Crippen LogP contribution is 2.43. The number of ether oxygens (including phenoxy) is 3. The maximum atomic E-state index is 14.8. The van der Waals surface area contributed by atoms with Crippen LogP contribution in [-0.4, -0.2) is 63.0 Å². The summed E-state index contributed by atoms with van der Waals surface area (Å²) in [6.45, 7) is 0.866. The lowest BCUT2D eigenvalue weighted by Crippen LogP contribution is -2.42. The zero-order valence-electron chi connectivity index (χ0n) is 17.5. The zero-order valence-corrected chi connectivity index (χ0v) is 17.5. The van der Waals surface area contributed by atoms with E-state index in [1.807, 2.05) is 0 Å². The van der Waals surface area contributed by atoms with E-state index in [0.29, 0.717) is 11.0 Å². The summed E-state index contributed by atoms with van der Waals surface area (Å²) in [7, 11) is 0. The van der Waals surface area contributed by atoms with Crippen LogP contribution in [-0.2, 0) is 25.4 Å². The molecule has 0 bridgehead atoms. The van der Waals surface area contributed by atoms with Gasteiger partial charge in [0.15, 0.2) is 6.10 Å². The van der Waals surface area contributed by atoms with Crippen LogP contribution in [0.25, 0.3) is 0 Å². The minimum atomic E-state index is -3.97. The highest BCUT2D eigenvalue weighted by atomic mass is 19.3. The van der Waals surface area contributed by atoms with Gasteiger partial charge in [-0.05, 0) is 31.0 Å². The lowest BCUT2D eigenvalue weighted by Gasteiger charge is -2.23. The van der Waals surface area contributed by atoms with Crippen LogP contribution in [0.3, 0.4) is 0 Å². The first-order valence-corrected chi connectivity index (χ1v) is 10.0. The molecule has 0 saturated carbocycles. The quantitative estimate of drug-likeness (QED) is 0.548. The molecule has 0 aliphatic carbocycles. The Bertz CT molecular complexity index is 1030. The largest absolute Gasteiger partial charge is 0.463 e. The predicted octanol–water partition coefficient (Wildman–Crippen LogP) is 1.28. The molecule has 1 aliphatic rings. The number of hydrogen-bond acceptors (Lipinski definition) is 9. The molecule has 3 heterocycles. The van der Waals surface area contributed by atoms with Crippen molar-refractivity contribution < 1.29 is 37.7 Å². The van der Waals surface area contributed by atoms with Gasteiger partial charge < -0.3 is 19.3 Å². The van der Waals surface area contributed by atoms with Gasteiger partial charge in [-0.1, -0.05) is 6.07 Å². The van der Waals surface area contributed by atoms with Crippen molar-refractivity contribution in [2.45, 2.75) is 44.1 Å². The van der Waals surface area contributed by atoms with Gasteiger partial charge in [0.2, 0.25) is 6.23 Å². The number of carbonyl (C=O) groups excluding carboxylic acids is 2. The molecule has 0 unspecified atom stereocenters. The fourth-order valence-corrected chi connectivity index (χ4v) is 3.15. The Morgan fingerprint density at radius 2 is 2.09 bits per heavy atom. The van der Waals surface area contributed by atoms with Crippen LogP contribution in [0.5, 0.6) is 0 Å². The minimum Gasteiger partial charge on any atom is -0.463 e. The van der Waals surface area contributed by atoms with Crippen LogP contribution in [0.4, 0.5) is 19.4 Å². The Hall–Kier alpha value is -3.45. The number of amides is 1. The van der Waals surface area contributed by atoms with Crippen molar-refractivity contribution in [1.29, 1.82) is 0 Å². The Morgan fingerprint density at radius 3 is 2.79 bits per heavy atom. The molecule has 33 heavy (non-hydrogen) atoms. The van der Waals surface area contributed by atoms with Crippen molar-refractivity contribution in [3.63, 3.8) is 0 Å². The van der Waals surface area contributed by atoms with Gasteiger partial charge in [-0.3, -0.25) is 15.1 Å². The Labute approximate surface area is 186 Å². The second kappa shape index (κ2) is 10.4. The molecule has 3 atom stereocenters. The number of carbonyl (C=O) groups is 2. The summed E-state index contributed by atoms with van der Waals surface area (Å²) in [4.78, 5) is 43.3. The summed E-state index contributed by atoms with van der Waals surface area (Å²) in [5, 5.41) is 12.3. The smallest absolute Gasteiger partial charge is 0.412 e. The fraction of sp³-hybridized carbons (Fsp3) is 0.450. The molecule has 1 fully saturated rings. The number of aliphatic hydroxyl groups excluding tert-OH is 1. The van der Waals surface area contributed by atoms with Crippen molar-refractivity contribution in [1.82, 2.24) is 14.5 Å². The fourth-order valence-electron chi connectivity index (χ4n) is 3.15. The number of nitrogens with zero attached hydrogens (tertiary/aromatic N) is 3. The number of aromatic nitrogens is 3. The average Bonchev–Trinajstić information content (AvgIpc) is 3.00. The van der Waals surface area contributed by atoms with Gasteiger partial charge in [0.1, 0.15) is 18.5 Å². The number of aryl methyl sites for hydroxylation is 1. The second-order valence-corrected chi connectivity index (χ2v) is 7.02. The number of pyridine rings is 1. The van der Waals surface area contributed by atoms with Crippen LogP contribution in [0.2, 0.25) is 0 Å². The Balaban J connectivity index is 1.69. The van der Waals surface area contributed by atoms with Crippen molar-refractivity contribution >= 4 is 17.9 Å². The number of nitrogens with one attached hydrogen (secondary N) is 1. The molecule has 2 aromatic rings. The summed E-state index contributed by atoms with van der Waals surface area (Å²) in [6.07, 6.45) is -2.87. The molecule has 2 N–H and O–H groups in total. The maximum Gasteiger partial charge on any atom is 0.412 e. The number of alkyl halides is 2. The lowest BCUT2D eigenvalue weighted by molar-refractivity contribution is -0.150. The minimum absolute atomic E-state index is 0.00414. The van der Waals surface area contributed by atoms with E-state index in [2.05, 4.69) is 15.3 Å². The number of aliphatic hydroxyl groups is 1. The van der Waals surface area contributed by atoms with Crippen molar-refractivity contribution in [3.05, 3.63) is 52.8 Å². The molecule has 1 saturated heterocycles. The van der Waals surface area contributed by atoms with Gasteiger partial charge in [0, 0.05) is 25.0 Å². The van der Waals surface area contributed by atoms with Crippen molar-refractivity contribution in [2.24, 2.45) is 0 Å². The van der Waals surface area contributed by atoms with Gasteiger partial charge >= 0.3 is 23.7 Å². The number of rotatable bonds is 8. The normalized spacial score (nSPS) is 21.4. The van der Waals surface area contributed by atoms with E-state index >= 15 is 0 Å². The first-order chi connectivity index (χ1) is 15.7. The van der Waals surface area contributed by atoms with Crippen LogP contribution >= 0.6 is 0 Å². The van der Waals surface area contributed by atoms with Crippen LogP contribution < -0.4 is 11.0 Å². The van der Waals surface area contributed by atoms with E-state index in [-0.39, 0.29) is 18.8 Å². The number of hydrogen-bond donors (Lipinski definition) is 2. The summed E-state index contributed by atoms with van der Waals surface area (Å²) in [6, 6.07) is 4.57. The molecular weight excluding hydrogens is 446 g/mol. The van der Waals surface area contributed by atoms with E-state index in [4.69, 9.17) is 14.2 Å². The third kappa shape index (κ3) is 5.68. The molecule has 0 aromatic carbocycles. The number of esters is 1. The number of anilines is 1. The van der Waals surface area contributed by atoms with E-state index in [1.54, 1.807) is 24.5 Å². The first-order valence-electron chi connectivity index (χ1n) is 10.0. The zero-order chi connectivity index (χ0) is 24.0. The van der Waals surface area contributed by atoms with Gasteiger partial charge in [0.05, 0.1) is 6.61 Å². The van der Waals surface area contributed by atoms with Crippen molar-refractivity contribution in [2.75, 3.05) is 18.5 Å². The van der Waals surface area contributed by atoms with E-state index < -0.39 is 48.7 Å². The molecule has 2 aromatic heterocycles. The monoisotopic (exact) mass is 468 g/mol. The third-order valence-corrected chi connectivity index (χ3v) is 4.75. The summed E-state index contributed by atoms with van der Waals surface area (Å²) in [5.41, 5.74) is -0.369. The van der Waals surface area contributed by atoms with Gasteiger partial charge in [-0.15, -0.1) is 0 Å². The molecular formula is C20H22F2N4O7. The average molecular weight is 468 g/mol. The Morgan fingerprint density at radius 1 is 1.30 bits per heavy atom. The first kappa shape index (κ1) is 24.2. The second-order valence-electron chi connectivity index (χ2n) is 7.02. The third-order valence-electron chi connectivity index (χ3n) is 4.75. The molecule has 3 rings (SSSR count). The highest BCUT2D eigenvalue weighted by Gasteiger charge is 2.60. The predicted molar refractivity (Wildman–Crippen MR) is 108 cm³/mol. The van der Waals surface area contributed by atoms with Crippen molar-refractivity contribution in [3.8, 4) is 0 Å². The van der Waals surface area contributed by atoms with E-state index in [0.717, 1.165) is 17.8 Å². The van der Waals surface area contributed by atoms with Crippen LogP contribution in [0.1, 0.15) is 25.1 Å².